The zero-order valence-corrected chi connectivity index (χ0v) is 20.6. The normalized spacial score (nSPS) is 17.3. The van der Waals surface area contributed by atoms with Gasteiger partial charge in [-0.25, -0.2) is 23.7 Å². The minimum atomic E-state index is -0.935. The fourth-order valence-corrected chi connectivity index (χ4v) is 4.04. The standard InChI is InChI=1S/C25H22ClF2N5O4/c1-25(11-34)10-32-24(36-12-25)33-14-6-17(27)21(18(28)7-14)37-19-3-4-29-22-20(19)15(9-30-22)13-5-16(26)23(35-2)31-8-13/h3-9,34H,10-12H2,1-2H3,(H,29,30)(H,32,33). The highest BCUT2D eigenvalue weighted by Crippen LogP contribution is 2.39. The van der Waals surface area contributed by atoms with E-state index in [9.17, 15) is 5.11 Å². The molecule has 1 aliphatic rings. The molecule has 3 aromatic heterocycles. The second kappa shape index (κ2) is 9.83. The van der Waals surface area contributed by atoms with Gasteiger partial charge in [-0.3, -0.25) is 0 Å². The molecule has 192 valence electrons. The monoisotopic (exact) mass is 529 g/mol. The van der Waals surface area contributed by atoms with Gasteiger partial charge in [0.25, 0.3) is 6.02 Å². The van der Waals surface area contributed by atoms with Crippen LogP contribution in [0.3, 0.4) is 0 Å². The van der Waals surface area contributed by atoms with Crippen LogP contribution in [0.4, 0.5) is 14.5 Å². The van der Waals surface area contributed by atoms with Crippen molar-refractivity contribution in [3.8, 4) is 28.5 Å². The molecule has 1 aromatic carbocycles. The van der Waals surface area contributed by atoms with Crippen LogP contribution in [-0.2, 0) is 4.74 Å². The molecule has 5 rings (SSSR count). The third-order valence-electron chi connectivity index (χ3n) is 5.85. The van der Waals surface area contributed by atoms with E-state index >= 15 is 8.78 Å². The van der Waals surface area contributed by atoms with Crippen LogP contribution < -0.4 is 14.8 Å². The first-order valence-electron chi connectivity index (χ1n) is 11.2. The number of aliphatic imine (C=N–C) groups is 1. The Labute approximate surface area is 215 Å². The Morgan fingerprint density at radius 1 is 1.24 bits per heavy atom. The summed E-state index contributed by atoms with van der Waals surface area (Å²) in [6.45, 7) is 2.26. The molecule has 1 atom stereocenters. The summed E-state index contributed by atoms with van der Waals surface area (Å²) in [5.41, 5.74) is 1.28. The number of halogens is 3. The third-order valence-corrected chi connectivity index (χ3v) is 6.12. The van der Waals surface area contributed by atoms with Crippen molar-refractivity contribution >= 4 is 34.3 Å². The van der Waals surface area contributed by atoms with Gasteiger partial charge < -0.3 is 29.6 Å². The maximum atomic E-state index is 15.0. The van der Waals surface area contributed by atoms with Crippen LogP contribution in [0.25, 0.3) is 22.2 Å². The summed E-state index contributed by atoms with van der Waals surface area (Å²) in [6.07, 6.45) is 4.70. The van der Waals surface area contributed by atoms with E-state index in [0.29, 0.717) is 33.7 Å². The average molecular weight is 530 g/mol. The van der Waals surface area contributed by atoms with E-state index in [2.05, 4.69) is 25.3 Å². The van der Waals surface area contributed by atoms with Gasteiger partial charge >= 0.3 is 0 Å². The number of H-pyrrole nitrogens is 1. The number of hydrogen-bond acceptors (Lipinski definition) is 8. The number of aromatic nitrogens is 3. The molecule has 1 aliphatic heterocycles. The van der Waals surface area contributed by atoms with Crippen LogP contribution in [0.2, 0.25) is 5.02 Å². The van der Waals surface area contributed by atoms with Crippen molar-refractivity contribution in [3.05, 3.63) is 59.5 Å². The van der Waals surface area contributed by atoms with E-state index in [-0.39, 0.29) is 36.6 Å². The van der Waals surface area contributed by atoms with E-state index in [1.807, 2.05) is 6.92 Å². The number of amidine groups is 1. The van der Waals surface area contributed by atoms with Gasteiger partial charge in [-0.1, -0.05) is 18.5 Å². The van der Waals surface area contributed by atoms with Crippen molar-refractivity contribution in [2.45, 2.75) is 6.92 Å². The molecule has 0 aliphatic carbocycles. The Bertz CT molecular complexity index is 1490. The van der Waals surface area contributed by atoms with Crippen molar-refractivity contribution in [1.29, 1.82) is 0 Å². The molecular weight excluding hydrogens is 508 g/mol. The summed E-state index contributed by atoms with van der Waals surface area (Å²) < 4.78 is 46.4. The quantitative estimate of drug-likeness (QED) is 0.316. The minimum absolute atomic E-state index is 0.0911. The molecule has 0 bridgehead atoms. The molecule has 0 saturated carbocycles. The number of ether oxygens (including phenoxy) is 3. The zero-order valence-electron chi connectivity index (χ0n) is 19.8. The van der Waals surface area contributed by atoms with Crippen molar-refractivity contribution in [2.75, 3.05) is 32.2 Å². The van der Waals surface area contributed by atoms with Crippen LogP contribution >= 0.6 is 11.6 Å². The maximum absolute atomic E-state index is 15.0. The number of anilines is 1. The highest BCUT2D eigenvalue weighted by molar-refractivity contribution is 6.32. The molecule has 0 saturated heterocycles. The molecule has 37 heavy (non-hydrogen) atoms. The van der Waals surface area contributed by atoms with Gasteiger partial charge in [0.1, 0.15) is 23.0 Å². The molecule has 1 unspecified atom stereocenters. The predicted molar refractivity (Wildman–Crippen MR) is 134 cm³/mol. The van der Waals surface area contributed by atoms with Gasteiger partial charge in [0, 0.05) is 53.0 Å². The number of aliphatic hydroxyl groups is 1. The van der Waals surface area contributed by atoms with Crippen LogP contribution in [-0.4, -0.2) is 52.9 Å². The zero-order chi connectivity index (χ0) is 26.2. The number of hydrogen-bond donors (Lipinski definition) is 3. The predicted octanol–water partition coefficient (Wildman–Crippen LogP) is 5.15. The van der Waals surface area contributed by atoms with Gasteiger partial charge in [-0.2, -0.15) is 0 Å². The summed E-state index contributed by atoms with van der Waals surface area (Å²) in [7, 11) is 1.46. The van der Waals surface area contributed by atoms with E-state index in [4.69, 9.17) is 25.8 Å². The second-order valence-corrected chi connectivity index (χ2v) is 9.23. The molecule has 3 N–H and O–H groups in total. The van der Waals surface area contributed by atoms with E-state index in [1.165, 1.54) is 19.4 Å². The number of nitrogens with zero attached hydrogens (tertiary/aromatic N) is 3. The van der Waals surface area contributed by atoms with Crippen LogP contribution in [0.5, 0.6) is 17.4 Å². The van der Waals surface area contributed by atoms with Crippen molar-refractivity contribution in [2.24, 2.45) is 10.4 Å². The lowest BCUT2D eigenvalue weighted by Crippen LogP contribution is -2.38. The topological polar surface area (TPSA) is 114 Å². The largest absolute Gasteiger partial charge is 0.480 e. The van der Waals surface area contributed by atoms with Gasteiger partial charge in [0.05, 0.1) is 25.6 Å². The number of methoxy groups -OCH3 is 1. The Morgan fingerprint density at radius 3 is 2.68 bits per heavy atom. The van der Waals surface area contributed by atoms with Crippen LogP contribution in [0, 0.1) is 17.0 Å². The lowest BCUT2D eigenvalue weighted by molar-refractivity contribution is 0.0706. The molecule has 4 aromatic rings. The molecule has 4 heterocycles. The summed E-state index contributed by atoms with van der Waals surface area (Å²) in [4.78, 5) is 15.7. The number of fused-ring (bicyclic) bond motifs is 1. The number of benzene rings is 1. The second-order valence-electron chi connectivity index (χ2n) is 8.83. The Balaban J connectivity index is 1.44. The third kappa shape index (κ3) is 4.87. The molecule has 9 nitrogen and oxygen atoms in total. The molecule has 0 spiro atoms. The first-order valence-corrected chi connectivity index (χ1v) is 11.6. The van der Waals surface area contributed by atoms with Gasteiger partial charge in [0.2, 0.25) is 5.88 Å². The number of nitrogens with one attached hydrogen (secondary N) is 2. The summed E-state index contributed by atoms with van der Waals surface area (Å²) >= 11 is 6.24. The summed E-state index contributed by atoms with van der Waals surface area (Å²) in [5, 5.41) is 13.0. The van der Waals surface area contributed by atoms with Gasteiger partial charge in [0.15, 0.2) is 17.4 Å². The lowest BCUT2D eigenvalue weighted by atomic mass is 9.93. The molecule has 0 fully saturated rings. The number of aliphatic hydroxyl groups excluding tert-OH is 1. The molecular formula is C25H22ClF2N5O4. The SMILES string of the molecule is COc1ncc(-c2c[nH]c3nccc(Oc4c(F)cc(NC5=NCC(C)(CO)CO5)cc4F)c23)cc1Cl. The van der Waals surface area contributed by atoms with Crippen molar-refractivity contribution < 1.29 is 28.1 Å². The first-order chi connectivity index (χ1) is 17.8. The van der Waals surface area contributed by atoms with Crippen LogP contribution in [0.15, 0.2) is 47.8 Å². The molecule has 12 heteroatoms. The van der Waals surface area contributed by atoms with Crippen LogP contribution in [0.1, 0.15) is 6.92 Å². The number of pyridine rings is 2. The summed E-state index contributed by atoms with van der Waals surface area (Å²) in [5.74, 6) is -2.01. The van der Waals surface area contributed by atoms with E-state index in [0.717, 1.165) is 12.1 Å². The van der Waals surface area contributed by atoms with E-state index in [1.54, 1.807) is 18.5 Å². The number of aromatic amines is 1. The fraction of sp³-hybridized carbons (Fsp3) is 0.240. The van der Waals surface area contributed by atoms with Gasteiger partial charge in [-0.15, -0.1) is 0 Å². The first kappa shape index (κ1) is 24.7. The van der Waals surface area contributed by atoms with Gasteiger partial charge in [-0.05, 0) is 12.1 Å². The number of rotatable bonds is 6. The summed E-state index contributed by atoms with van der Waals surface area (Å²) in [6, 6.07) is 5.43. The maximum Gasteiger partial charge on any atom is 0.289 e. The highest BCUT2D eigenvalue weighted by Gasteiger charge is 2.29. The minimum Gasteiger partial charge on any atom is -0.480 e. The Hall–Kier alpha value is -3.96. The molecule has 0 amide bonds. The lowest BCUT2D eigenvalue weighted by Gasteiger charge is -2.30. The average Bonchev–Trinajstić information content (AvgIpc) is 3.33. The fourth-order valence-electron chi connectivity index (χ4n) is 3.79. The highest BCUT2D eigenvalue weighted by atomic mass is 35.5. The Kier molecular flexibility index (Phi) is 6.57. The Morgan fingerprint density at radius 2 is 2.03 bits per heavy atom. The van der Waals surface area contributed by atoms with Crippen molar-refractivity contribution in [1.82, 2.24) is 15.0 Å². The smallest absolute Gasteiger partial charge is 0.289 e. The van der Waals surface area contributed by atoms with Crippen molar-refractivity contribution in [3.63, 3.8) is 0 Å². The molecule has 0 radical (unpaired) electrons. The van der Waals surface area contributed by atoms with E-state index < -0.39 is 22.8 Å².